The highest BCUT2D eigenvalue weighted by Crippen LogP contribution is 2.19. The Hall–Kier alpha value is -1.02. The van der Waals surface area contributed by atoms with E-state index in [4.69, 9.17) is 0 Å². The molecule has 0 radical (unpaired) electrons. The van der Waals surface area contributed by atoms with Crippen LogP contribution in [0.1, 0.15) is 11.1 Å². The van der Waals surface area contributed by atoms with Crippen molar-refractivity contribution in [2.75, 3.05) is 28.2 Å². The topological polar surface area (TPSA) is 20.2 Å². The molecule has 2 heteroatoms. The molecule has 80 valence electrons. The third kappa shape index (κ3) is 6.49. The Morgan fingerprint density at radius 2 is 1.21 bits per heavy atom. The molecule has 0 aromatic heterocycles. The van der Waals surface area contributed by atoms with Gasteiger partial charge >= 0.3 is 0 Å². The first-order valence-electron chi connectivity index (χ1n) is 4.76. The molecule has 1 aromatic rings. The predicted molar refractivity (Wildman–Crippen MR) is 61.5 cm³/mol. The standard InChI is InChI=1S/C8H10O.C4H12N/c1-6-4-3-5-7(2)8(6)9;1-5(2,3)4/h3-5,9H,1-2H3;1-4H3/q;+1. The first-order chi connectivity index (χ1) is 6.22. The van der Waals surface area contributed by atoms with Crippen molar-refractivity contribution in [3.05, 3.63) is 29.3 Å². The Balaban J connectivity index is 0.000000292. The molecule has 0 saturated carbocycles. The number of phenolic OH excluding ortho intramolecular Hbond substituents is 1. The molecule has 0 amide bonds. The molecule has 0 spiro atoms. The Kier molecular flexibility index (Phi) is 4.64. The van der Waals surface area contributed by atoms with Crippen molar-refractivity contribution in [1.29, 1.82) is 0 Å². The number of aromatic hydroxyl groups is 1. The second-order valence-corrected chi connectivity index (χ2v) is 4.92. The molecule has 0 fully saturated rings. The van der Waals surface area contributed by atoms with E-state index in [0.29, 0.717) is 5.75 Å². The van der Waals surface area contributed by atoms with Crippen LogP contribution in [0.15, 0.2) is 18.2 Å². The van der Waals surface area contributed by atoms with E-state index in [0.717, 1.165) is 15.6 Å². The van der Waals surface area contributed by atoms with Crippen LogP contribution in [0.25, 0.3) is 0 Å². The number of hydrogen-bond acceptors (Lipinski definition) is 1. The number of hydrogen-bond donors (Lipinski definition) is 1. The quantitative estimate of drug-likeness (QED) is 0.631. The Morgan fingerprint density at radius 3 is 1.43 bits per heavy atom. The average molecular weight is 196 g/mol. The predicted octanol–water partition coefficient (Wildman–Crippen LogP) is 2.33. The van der Waals surface area contributed by atoms with Crippen molar-refractivity contribution in [2.24, 2.45) is 0 Å². The van der Waals surface area contributed by atoms with Crippen LogP contribution in [-0.2, 0) is 0 Å². The van der Waals surface area contributed by atoms with Crippen LogP contribution >= 0.6 is 0 Å². The molecule has 1 rings (SSSR count). The molecule has 0 aliphatic carbocycles. The maximum atomic E-state index is 9.21. The normalized spacial score (nSPS) is 10.4. The number of quaternary nitrogens is 1. The first kappa shape index (κ1) is 13.0. The van der Waals surface area contributed by atoms with Gasteiger partial charge in [0.2, 0.25) is 0 Å². The number of para-hydroxylation sites is 1. The molecule has 2 nitrogen and oxygen atoms in total. The lowest BCUT2D eigenvalue weighted by molar-refractivity contribution is -0.849. The zero-order valence-corrected chi connectivity index (χ0v) is 10.1. The van der Waals surface area contributed by atoms with Crippen LogP contribution in [0.5, 0.6) is 5.75 Å². The van der Waals surface area contributed by atoms with Crippen molar-refractivity contribution in [2.45, 2.75) is 13.8 Å². The summed E-state index contributed by atoms with van der Waals surface area (Å²) in [5.74, 6) is 0.414. The van der Waals surface area contributed by atoms with Crippen molar-refractivity contribution in [3.8, 4) is 5.75 Å². The summed E-state index contributed by atoms with van der Waals surface area (Å²) >= 11 is 0. The zero-order valence-electron chi connectivity index (χ0n) is 10.1. The van der Waals surface area contributed by atoms with Crippen molar-refractivity contribution >= 4 is 0 Å². The molecule has 0 heterocycles. The van der Waals surface area contributed by atoms with Gasteiger partial charge in [-0.25, -0.2) is 0 Å². The molecule has 0 atom stereocenters. The number of rotatable bonds is 0. The molecule has 0 unspecified atom stereocenters. The van der Waals surface area contributed by atoms with Crippen LogP contribution in [0.2, 0.25) is 0 Å². The third-order valence-corrected chi connectivity index (χ3v) is 1.44. The third-order valence-electron chi connectivity index (χ3n) is 1.44. The van der Waals surface area contributed by atoms with E-state index in [2.05, 4.69) is 28.2 Å². The van der Waals surface area contributed by atoms with Crippen molar-refractivity contribution < 1.29 is 9.59 Å². The van der Waals surface area contributed by atoms with Gasteiger partial charge in [0.1, 0.15) is 5.75 Å². The lowest BCUT2D eigenvalue weighted by Gasteiger charge is -2.14. The Labute approximate surface area is 87.4 Å². The van der Waals surface area contributed by atoms with Gasteiger partial charge < -0.3 is 9.59 Å². The van der Waals surface area contributed by atoms with E-state index in [-0.39, 0.29) is 0 Å². The highest BCUT2D eigenvalue weighted by Gasteiger charge is 1.95. The molecule has 0 saturated heterocycles. The number of phenols is 1. The molecule has 1 aromatic carbocycles. The summed E-state index contributed by atoms with van der Waals surface area (Å²) < 4.78 is 1.00. The van der Waals surface area contributed by atoms with Gasteiger partial charge in [0.15, 0.2) is 0 Å². The summed E-state index contributed by atoms with van der Waals surface area (Å²) in [6, 6.07) is 5.72. The fourth-order valence-electron chi connectivity index (χ4n) is 0.806. The fraction of sp³-hybridized carbons (Fsp3) is 0.500. The lowest BCUT2D eigenvalue weighted by atomic mass is 10.1. The number of aryl methyl sites for hydroxylation is 2. The summed E-state index contributed by atoms with van der Waals surface area (Å²) in [7, 11) is 8.50. The largest absolute Gasteiger partial charge is 0.507 e. The number of nitrogens with zero attached hydrogens (tertiary/aromatic N) is 1. The van der Waals surface area contributed by atoms with Crippen LogP contribution in [0, 0.1) is 13.8 Å². The van der Waals surface area contributed by atoms with E-state index in [1.54, 1.807) is 0 Å². The van der Waals surface area contributed by atoms with Crippen LogP contribution in [0.4, 0.5) is 0 Å². The van der Waals surface area contributed by atoms with Gasteiger partial charge in [-0.05, 0) is 25.0 Å². The van der Waals surface area contributed by atoms with Gasteiger partial charge in [-0.3, -0.25) is 0 Å². The summed E-state index contributed by atoms with van der Waals surface area (Å²) in [5, 5.41) is 9.21. The summed E-state index contributed by atoms with van der Waals surface area (Å²) in [4.78, 5) is 0. The Morgan fingerprint density at radius 1 is 0.929 bits per heavy atom. The van der Waals surface area contributed by atoms with Gasteiger partial charge in [-0.15, -0.1) is 0 Å². The van der Waals surface area contributed by atoms with E-state index in [9.17, 15) is 5.11 Å². The van der Waals surface area contributed by atoms with E-state index < -0.39 is 0 Å². The monoisotopic (exact) mass is 196 g/mol. The lowest BCUT2D eigenvalue weighted by Crippen LogP contribution is -2.27. The van der Waals surface area contributed by atoms with E-state index in [1.807, 2.05) is 32.0 Å². The summed E-state index contributed by atoms with van der Waals surface area (Å²) in [5.41, 5.74) is 1.88. The minimum Gasteiger partial charge on any atom is -0.507 e. The van der Waals surface area contributed by atoms with Gasteiger partial charge in [0.25, 0.3) is 0 Å². The van der Waals surface area contributed by atoms with Crippen molar-refractivity contribution in [1.82, 2.24) is 0 Å². The average Bonchev–Trinajstić information content (AvgIpc) is 1.97. The first-order valence-corrected chi connectivity index (χ1v) is 4.76. The van der Waals surface area contributed by atoms with Crippen LogP contribution < -0.4 is 0 Å². The molecule has 0 bridgehead atoms. The molecule has 14 heavy (non-hydrogen) atoms. The fourth-order valence-corrected chi connectivity index (χ4v) is 0.806. The van der Waals surface area contributed by atoms with E-state index in [1.165, 1.54) is 0 Å². The van der Waals surface area contributed by atoms with Gasteiger partial charge in [-0.1, -0.05) is 18.2 Å². The number of benzene rings is 1. The van der Waals surface area contributed by atoms with Gasteiger partial charge in [-0.2, -0.15) is 0 Å². The minimum atomic E-state index is 0.414. The summed E-state index contributed by atoms with van der Waals surface area (Å²) in [6.45, 7) is 3.78. The second kappa shape index (κ2) is 5.01. The SMILES string of the molecule is C[N+](C)(C)C.Cc1cccc(C)c1O. The molecule has 0 aliphatic heterocycles. The summed E-state index contributed by atoms with van der Waals surface area (Å²) in [6.07, 6.45) is 0. The van der Waals surface area contributed by atoms with Crippen LogP contribution in [0.3, 0.4) is 0 Å². The minimum absolute atomic E-state index is 0.414. The molecule has 1 N–H and O–H groups in total. The highest BCUT2D eigenvalue weighted by atomic mass is 16.3. The van der Waals surface area contributed by atoms with Crippen LogP contribution in [-0.4, -0.2) is 37.8 Å². The zero-order chi connectivity index (χ0) is 11.4. The molecular weight excluding hydrogens is 174 g/mol. The van der Waals surface area contributed by atoms with Gasteiger partial charge in [0.05, 0.1) is 28.2 Å². The van der Waals surface area contributed by atoms with E-state index >= 15 is 0 Å². The van der Waals surface area contributed by atoms with Crippen molar-refractivity contribution in [3.63, 3.8) is 0 Å². The maximum absolute atomic E-state index is 9.21. The smallest absolute Gasteiger partial charge is 0.121 e. The van der Waals surface area contributed by atoms with Gasteiger partial charge in [0, 0.05) is 0 Å². The highest BCUT2D eigenvalue weighted by molar-refractivity contribution is 5.37. The second-order valence-electron chi connectivity index (χ2n) is 4.92. The molecule has 0 aliphatic rings. The maximum Gasteiger partial charge on any atom is 0.121 e. The molecular formula is C12H22NO+. The Bertz CT molecular complexity index is 261.